The number of para-hydroxylation sites is 1. The molecule has 0 atom stereocenters. The number of nitrogens with one attached hydrogen (secondary N) is 2. The van der Waals surface area contributed by atoms with Gasteiger partial charge < -0.3 is 29.2 Å². The van der Waals surface area contributed by atoms with E-state index in [1.807, 2.05) is 76.2 Å². The number of nitrogens with zero attached hydrogens (tertiary/aromatic N) is 1. The molecule has 8 nitrogen and oxygen atoms in total. The Morgan fingerprint density at radius 1 is 0.707 bits per heavy atom. The average Bonchev–Trinajstić information content (AvgIpc) is 3.29. The maximum Gasteiger partial charge on any atom is 0.407 e. The number of ether oxygens (including phenoxy) is 3. The summed E-state index contributed by atoms with van der Waals surface area (Å²) in [6.07, 6.45) is -1.03. The number of carbonyl (C=O) groups excluding carboxylic acids is 2. The van der Waals surface area contributed by atoms with Crippen molar-refractivity contribution in [2.24, 2.45) is 0 Å². The minimum Gasteiger partial charge on any atom is -0.497 e. The Labute approximate surface area is 239 Å². The van der Waals surface area contributed by atoms with Crippen LogP contribution in [0.5, 0.6) is 5.75 Å². The molecule has 0 saturated heterocycles. The Bertz CT molecular complexity index is 1720. The van der Waals surface area contributed by atoms with Crippen LogP contribution in [0.25, 0.3) is 38.4 Å². The van der Waals surface area contributed by atoms with Crippen molar-refractivity contribution in [1.82, 2.24) is 15.0 Å². The monoisotopic (exact) mass is 553 g/mol. The third-order valence-electron chi connectivity index (χ3n) is 6.87. The van der Waals surface area contributed by atoms with Gasteiger partial charge in [0.1, 0.15) is 19.0 Å². The van der Waals surface area contributed by atoms with Crippen LogP contribution in [0, 0.1) is 0 Å². The number of methoxy groups -OCH3 is 1. The summed E-state index contributed by atoms with van der Waals surface area (Å²) < 4.78 is 19.1. The maximum atomic E-state index is 12.6. The molecule has 0 unspecified atom stereocenters. The predicted octanol–water partition coefficient (Wildman–Crippen LogP) is 7.19. The summed E-state index contributed by atoms with van der Waals surface area (Å²) in [5.74, 6) is 0.730. The van der Waals surface area contributed by atoms with E-state index >= 15 is 0 Å². The summed E-state index contributed by atoms with van der Waals surface area (Å²) in [7, 11) is 1.63. The Hall–Kier alpha value is -4.72. The molecule has 3 aromatic carbocycles. The van der Waals surface area contributed by atoms with Crippen LogP contribution in [0.1, 0.15) is 38.8 Å². The van der Waals surface area contributed by atoms with Crippen molar-refractivity contribution >= 4 is 39.4 Å². The van der Waals surface area contributed by atoms with E-state index in [-0.39, 0.29) is 25.3 Å². The standard InChI is InChI=1S/C33H35N3O5/c1-20(2)34-32(37)40-18-27-28(19-41-33(38)35-21(3)4)31-26-12-7-6-10-24(26)25-11-8-9-13-29(25)36(31)30(27)22-14-16-23(39-5)17-15-22/h6-17,20-21H,18-19H2,1-5H3,(H,34,37)(H,35,38). The molecule has 0 aliphatic carbocycles. The fraction of sp³-hybridized carbons (Fsp3) is 0.273. The van der Waals surface area contributed by atoms with E-state index < -0.39 is 12.2 Å². The van der Waals surface area contributed by atoms with Crippen LogP contribution in [0.15, 0.2) is 72.8 Å². The first-order valence-corrected chi connectivity index (χ1v) is 13.7. The third kappa shape index (κ3) is 5.63. The van der Waals surface area contributed by atoms with Crippen molar-refractivity contribution in [2.45, 2.75) is 53.0 Å². The first kappa shape index (κ1) is 27.8. The molecule has 8 heteroatoms. The molecule has 2 N–H and O–H groups in total. The van der Waals surface area contributed by atoms with E-state index in [9.17, 15) is 9.59 Å². The minimum absolute atomic E-state index is 0.00889. The number of amides is 2. The highest BCUT2D eigenvalue weighted by atomic mass is 16.6. The molecular weight excluding hydrogens is 518 g/mol. The fourth-order valence-electron chi connectivity index (χ4n) is 5.21. The maximum absolute atomic E-state index is 12.6. The van der Waals surface area contributed by atoms with Crippen molar-refractivity contribution < 1.29 is 23.8 Å². The van der Waals surface area contributed by atoms with Crippen LogP contribution < -0.4 is 15.4 Å². The van der Waals surface area contributed by atoms with Gasteiger partial charge in [-0.15, -0.1) is 0 Å². The second kappa shape index (κ2) is 11.8. The molecule has 5 rings (SSSR count). The Morgan fingerprint density at radius 3 is 1.83 bits per heavy atom. The zero-order valence-corrected chi connectivity index (χ0v) is 24.0. The highest BCUT2D eigenvalue weighted by Crippen LogP contribution is 2.41. The lowest BCUT2D eigenvalue weighted by Crippen LogP contribution is -2.31. The molecule has 41 heavy (non-hydrogen) atoms. The number of benzene rings is 3. The Morgan fingerprint density at radius 2 is 1.24 bits per heavy atom. The molecule has 2 amide bonds. The van der Waals surface area contributed by atoms with Gasteiger partial charge in [-0.25, -0.2) is 9.59 Å². The smallest absolute Gasteiger partial charge is 0.407 e. The number of hydrogen-bond donors (Lipinski definition) is 2. The summed E-state index contributed by atoms with van der Waals surface area (Å²) in [6.45, 7) is 7.48. The summed E-state index contributed by atoms with van der Waals surface area (Å²) in [6, 6.07) is 24.0. The van der Waals surface area contributed by atoms with Crippen molar-refractivity contribution in [2.75, 3.05) is 7.11 Å². The number of hydrogen-bond acceptors (Lipinski definition) is 5. The molecular formula is C33H35N3O5. The van der Waals surface area contributed by atoms with Gasteiger partial charge in [-0.1, -0.05) is 42.5 Å². The van der Waals surface area contributed by atoms with E-state index in [2.05, 4.69) is 39.3 Å². The Balaban J connectivity index is 1.83. The second-order valence-corrected chi connectivity index (χ2v) is 10.5. The van der Waals surface area contributed by atoms with E-state index in [4.69, 9.17) is 14.2 Å². The van der Waals surface area contributed by atoms with Crippen molar-refractivity contribution in [3.8, 4) is 17.0 Å². The fourth-order valence-corrected chi connectivity index (χ4v) is 5.21. The lowest BCUT2D eigenvalue weighted by Gasteiger charge is -2.14. The molecule has 212 valence electrons. The van der Waals surface area contributed by atoms with Crippen LogP contribution in [0.3, 0.4) is 0 Å². The van der Waals surface area contributed by atoms with Gasteiger partial charge in [-0.05, 0) is 69.0 Å². The number of fused-ring (bicyclic) bond motifs is 6. The van der Waals surface area contributed by atoms with Crippen molar-refractivity contribution in [1.29, 1.82) is 0 Å². The zero-order chi connectivity index (χ0) is 29.1. The normalized spacial score (nSPS) is 11.4. The molecule has 0 aliphatic rings. The highest BCUT2D eigenvalue weighted by Gasteiger charge is 2.26. The van der Waals surface area contributed by atoms with Gasteiger partial charge in [0.2, 0.25) is 0 Å². The summed E-state index contributed by atoms with van der Waals surface area (Å²) in [5, 5.41) is 8.74. The SMILES string of the molecule is COc1ccc(-c2c(COC(=O)NC(C)C)c(COC(=O)NC(C)C)c3c4ccccc4c4ccccc4n23)cc1. The van der Waals surface area contributed by atoms with Crippen molar-refractivity contribution in [3.05, 3.63) is 83.9 Å². The quantitative estimate of drug-likeness (QED) is 0.199. The number of pyridine rings is 1. The topological polar surface area (TPSA) is 90.3 Å². The van der Waals surface area contributed by atoms with Crippen LogP contribution in [0.2, 0.25) is 0 Å². The lowest BCUT2D eigenvalue weighted by atomic mass is 10.0. The molecule has 0 fully saturated rings. The molecule has 5 aromatic rings. The zero-order valence-electron chi connectivity index (χ0n) is 24.0. The summed E-state index contributed by atoms with van der Waals surface area (Å²) >= 11 is 0. The lowest BCUT2D eigenvalue weighted by molar-refractivity contribution is 0.130. The van der Waals surface area contributed by atoms with Gasteiger partial charge in [-0.2, -0.15) is 0 Å². The van der Waals surface area contributed by atoms with E-state index in [1.165, 1.54) is 0 Å². The van der Waals surface area contributed by atoms with Crippen LogP contribution in [-0.4, -0.2) is 35.8 Å². The van der Waals surface area contributed by atoms with Crippen LogP contribution in [0.4, 0.5) is 9.59 Å². The summed E-state index contributed by atoms with van der Waals surface area (Å²) in [5.41, 5.74) is 5.16. The summed E-state index contributed by atoms with van der Waals surface area (Å²) in [4.78, 5) is 25.3. The van der Waals surface area contributed by atoms with Gasteiger partial charge in [0, 0.05) is 34.0 Å². The second-order valence-electron chi connectivity index (χ2n) is 10.5. The third-order valence-corrected chi connectivity index (χ3v) is 6.87. The van der Waals surface area contributed by atoms with Crippen LogP contribution >= 0.6 is 0 Å². The van der Waals surface area contributed by atoms with Gasteiger partial charge in [0.15, 0.2) is 0 Å². The molecule has 0 bridgehead atoms. The van der Waals surface area contributed by atoms with E-state index in [1.54, 1.807) is 7.11 Å². The van der Waals surface area contributed by atoms with Crippen LogP contribution in [-0.2, 0) is 22.7 Å². The molecule has 0 saturated carbocycles. The number of carbonyl (C=O) groups is 2. The molecule has 0 radical (unpaired) electrons. The van der Waals surface area contributed by atoms with Crippen molar-refractivity contribution in [3.63, 3.8) is 0 Å². The van der Waals surface area contributed by atoms with Gasteiger partial charge >= 0.3 is 12.2 Å². The largest absolute Gasteiger partial charge is 0.497 e. The number of aromatic nitrogens is 1. The van der Waals surface area contributed by atoms with E-state index in [0.717, 1.165) is 55.3 Å². The average molecular weight is 554 g/mol. The Kier molecular flexibility index (Phi) is 8.01. The molecule has 0 aliphatic heterocycles. The highest BCUT2D eigenvalue weighted by molar-refractivity contribution is 6.14. The molecule has 2 aromatic heterocycles. The van der Waals surface area contributed by atoms with Gasteiger partial charge in [0.25, 0.3) is 0 Å². The number of alkyl carbamates (subject to hydrolysis) is 2. The van der Waals surface area contributed by atoms with Gasteiger partial charge in [0.05, 0.1) is 23.8 Å². The van der Waals surface area contributed by atoms with Gasteiger partial charge in [-0.3, -0.25) is 0 Å². The van der Waals surface area contributed by atoms with E-state index in [0.29, 0.717) is 0 Å². The minimum atomic E-state index is -0.518. The number of rotatable bonds is 8. The molecule has 2 heterocycles. The predicted molar refractivity (Wildman–Crippen MR) is 161 cm³/mol. The first-order chi connectivity index (χ1) is 19.8. The first-order valence-electron chi connectivity index (χ1n) is 13.7. The molecule has 0 spiro atoms.